The van der Waals surface area contributed by atoms with E-state index in [4.69, 9.17) is 20.9 Å². The summed E-state index contributed by atoms with van der Waals surface area (Å²) < 4.78 is 13.5. The van der Waals surface area contributed by atoms with Gasteiger partial charge in [0.1, 0.15) is 5.75 Å². The Morgan fingerprint density at radius 2 is 2.18 bits per heavy atom. The Morgan fingerprint density at radius 3 is 2.82 bits per heavy atom. The zero-order chi connectivity index (χ0) is 16.0. The lowest BCUT2D eigenvalue weighted by Crippen LogP contribution is -2.39. The van der Waals surface area contributed by atoms with Gasteiger partial charge in [-0.1, -0.05) is 28.1 Å². The fourth-order valence-corrected chi connectivity index (χ4v) is 10.6. The maximum Gasteiger partial charge on any atom is 0.298 e. The largest absolute Gasteiger partial charge is 0.436 e. The second-order valence-electron chi connectivity index (χ2n) is 6.31. The van der Waals surface area contributed by atoms with Crippen molar-refractivity contribution in [1.82, 2.24) is 0 Å². The van der Waals surface area contributed by atoms with Crippen molar-refractivity contribution in [2.24, 2.45) is 5.92 Å². The van der Waals surface area contributed by atoms with Gasteiger partial charge in [-0.25, -0.2) is 0 Å². The summed E-state index contributed by atoms with van der Waals surface area (Å²) in [6.45, 7) is 8.50. The summed E-state index contributed by atoms with van der Waals surface area (Å²) >= 11 is 11.0. The molecule has 0 aromatic heterocycles. The van der Waals surface area contributed by atoms with Gasteiger partial charge < -0.3 is 9.05 Å². The molecule has 3 rings (SSSR count). The van der Waals surface area contributed by atoms with Gasteiger partial charge >= 0.3 is 0 Å². The first-order valence-electron chi connectivity index (χ1n) is 7.39. The second-order valence-corrected chi connectivity index (χ2v) is 13.8. The van der Waals surface area contributed by atoms with E-state index in [0.29, 0.717) is 5.92 Å². The third kappa shape index (κ3) is 3.49. The predicted octanol–water partition coefficient (Wildman–Crippen LogP) is 6.32. The van der Waals surface area contributed by atoms with Crippen LogP contribution < -0.4 is 4.52 Å². The van der Waals surface area contributed by atoms with Crippen molar-refractivity contribution in [1.29, 1.82) is 0 Å². The van der Waals surface area contributed by atoms with Crippen LogP contribution in [0.2, 0.25) is 0 Å². The molecule has 0 radical (unpaired) electrons. The van der Waals surface area contributed by atoms with Gasteiger partial charge in [0.15, 0.2) is 0 Å². The molecule has 6 heteroatoms. The van der Waals surface area contributed by atoms with Crippen LogP contribution in [-0.2, 0) is 16.3 Å². The quantitative estimate of drug-likeness (QED) is 0.422. The Kier molecular flexibility index (Phi) is 4.84. The van der Waals surface area contributed by atoms with E-state index in [2.05, 4.69) is 36.4 Å². The minimum Gasteiger partial charge on any atom is -0.436 e. The lowest BCUT2D eigenvalue weighted by molar-refractivity contribution is 0.119. The smallest absolute Gasteiger partial charge is 0.298 e. The van der Waals surface area contributed by atoms with Crippen molar-refractivity contribution < 1.29 is 9.05 Å². The number of halogens is 1. The molecule has 1 heterocycles. The maximum absolute atomic E-state index is 6.28. The summed E-state index contributed by atoms with van der Waals surface area (Å²) in [6, 6.07) is 7.79. The topological polar surface area (TPSA) is 18.5 Å². The Balaban J connectivity index is 1.76. The first-order valence-corrected chi connectivity index (χ1v) is 12.2. The van der Waals surface area contributed by atoms with Crippen LogP contribution in [-0.4, -0.2) is 10.9 Å². The highest BCUT2D eigenvalue weighted by Crippen LogP contribution is 2.74. The van der Waals surface area contributed by atoms with Crippen molar-refractivity contribution in [2.75, 3.05) is 0 Å². The summed E-state index contributed by atoms with van der Waals surface area (Å²) in [6.07, 6.45) is 3.48. The molecule has 120 valence electrons. The molecule has 0 amide bonds. The summed E-state index contributed by atoms with van der Waals surface area (Å²) in [5.74, 6) is 1.34. The molecule has 1 aliphatic carbocycles. The maximum atomic E-state index is 6.28. The molecule has 1 aliphatic heterocycles. The van der Waals surface area contributed by atoms with E-state index >= 15 is 0 Å². The van der Waals surface area contributed by atoms with Gasteiger partial charge in [-0.15, -0.1) is 0 Å². The van der Waals surface area contributed by atoms with Crippen LogP contribution in [0.4, 0.5) is 0 Å². The molecule has 2 nitrogen and oxygen atoms in total. The lowest BCUT2D eigenvalue weighted by atomic mass is 9.77. The SMILES string of the molecule is C=C(C)[C@@H]1CC[C@]2(C)SP(=S)(Oc3ccc(Br)cc3)O[C@@H]2C1. The van der Waals surface area contributed by atoms with Gasteiger partial charge in [0.05, 0.1) is 10.9 Å². The minimum atomic E-state index is -2.33. The van der Waals surface area contributed by atoms with E-state index in [0.717, 1.165) is 23.1 Å². The van der Waals surface area contributed by atoms with E-state index in [9.17, 15) is 0 Å². The van der Waals surface area contributed by atoms with Crippen LogP contribution in [0.1, 0.15) is 33.1 Å². The lowest BCUT2D eigenvalue weighted by Gasteiger charge is -2.37. The van der Waals surface area contributed by atoms with E-state index in [1.54, 1.807) is 11.4 Å². The highest BCUT2D eigenvalue weighted by molar-refractivity contribution is 9.10. The number of allylic oxidation sites excluding steroid dienone is 1. The van der Waals surface area contributed by atoms with E-state index in [1.807, 2.05) is 24.3 Å². The third-order valence-electron chi connectivity index (χ3n) is 4.47. The highest BCUT2D eigenvalue weighted by atomic mass is 79.9. The van der Waals surface area contributed by atoms with Crippen molar-refractivity contribution >= 4 is 44.8 Å². The molecule has 1 saturated heterocycles. The molecule has 0 bridgehead atoms. The van der Waals surface area contributed by atoms with Gasteiger partial charge in [-0.3, -0.25) is 0 Å². The number of hydrogen-bond acceptors (Lipinski definition) is 4. The second kappa shape index (κ2) is 6.25. The van der Waals surface area contributed by atoms with Crippen LogP contribution in [0.25, 0.3) is 0 Å². The highest BCUT2D eigenvalue weighted by Gasteiger charge is 2.53. The standard InChI is InChI=1S/C16H20BrO2PS2/c1-11(2)12-8-9-16(3)15(10-12)19-20(21,22-16)18-14-6-4-13(17)5-7-14/h4-7,12,15H,1,8-10H2,2-3H3/t12-,15-,16+,20?/m1/s1. The Labute approximate surface area is 150 Å². The van der Waals surface area contributed by atoms with Crippen LogP contribution in [0.5, 0.6) is 5.75 Å². The van der Waals surface area contributed by atoms with Crippen LogP contribution in [0.3, 0.4) is 0 Å². The molecule has 1 aromatic rings. The van der Waals surface area contributed by atoms with E-state index < -0.39 is 5.69 Å². The van der Waals surface area contributed by atoms with Gasteiger partial charge in [-0.2, -0.15) is 0 Å². The summed E-state index contributed by atoms with van der Waals surface area (Å²) in [7, 11) is 0. The fraction of sp³-hybridized carbons (Fsp3) is 0.500. The average molecular weight is 419 g/mol. The van der Waals surface area contributed by atoms with E-state index in [-0.39, 0.29) is 10.9 Å². The van der Waals surface area contributed by atoms with Crippen molar-refractivity contribution in [3.63, 3.8) is 0 Å². The van der Waals surface area contributed by atoms with Gasteiger partial charge in [-0.05, 0) is 86.5 Å². The van der Waals surface area contributed by atoms with Crippen LogP contribution in [0, 0.1) is 5.92 Å². The Bertz CT molecular complexity index is 634. The van der Waals surface area contributed by atoms with Crippen LogP contribution in [0.15, 0.2) is 40.9 Å². The van der Waals surface area contributed by atoms with Gasteiger partial charge in [0.25, 0.3) is 5.69 Å². The zero-order valence-electron chi connectivity index (χ0n) is 12.8. The molecule has 4 atom stereocenters. The molecule has 2 aliphatic rings. The molecule has 0 N–H and O–H groups in total. The van der Waals surface area contributed by atoms with Gasteiger partial charge in [0.2, 0.25) is 0 Å². The fourth-order valence-electron chi connectivity index (χ4n) is 3.05. The number of benzene rings is 1. The third-order valence-corrected chi connectivity index (χ3v) is 10.6. The molecule has 1 unspecified atom stereocenters. The molecular weight excluding hydrogens is 399 g/mol. The molecule has 1 saturated carbocycles. The van der Waals surface area contributed by atoms with Crippen LogP contribution >= 0.6 is 33.0 Å². The number of fused-ring (bicyclic) bond motifs is 1. The Morgan fingerprint density at radius 1 is 1.50 bits per heavy atom. The average Bonchev–Trinajstić information content (AvgIpc) is 2.70. The summed E-state index contributed by atoms with van der Waals surface area (Å²) in [4.78, 5) is 0. The first-order chi connectivity index (χ1) is 10.3. The number of rotatable bonds is 3. The molecule has 2 fully saturated rings. The normalized spacial score (nSPS) is 37.6. The summed E-state index contributed by atoms with van der Waals surface area (Å²) in [5.41, 5.74) is -1.08. The van der Waals surface area contributed by atoms with Crippen molar-refractivity contribution in [3.05, 3.63) is 40.9 Å². The summed E-state index contributed by atoms with van der Waals surface area (Å²) in [5, 5.41) is 0. The molecule has 1 aromatic carbocycles. The Hall–Kier alpha value is 0.200. The molecule has 0 spiro atoms. The number of hydrogen-bond donors (Lipinski definition) is 0. The first kappa shape index (κ1) is 17.0. The van der Waals surface area contributed by atoms with Crippen molar-refractivity contribution in [3.8, 4) is 5.75 Å². The van der Waals surface area contributed by atoms with E-state index in [1.165, 1.54) is 12.0 Å². The van der Waals surface area contributed by atoms with Gasteiger partial charge in [0, 0.05) is 4.47 Å². The zero-order valence-corrected chi connectivity index (χ0v) is 16.9. The molecule has 22 heavy (non-hydrogen) atoms. The molecular formula is C16H20BrO2PS2. The predicted molar refractivity (Wildman–Crippen MR) is 102 cm³/mol. The minimum absolute atomic E-state index is 0.0802. The monoisotopic (exact) mass is 418 g/mol. The van der Waals surface area contributed by atoms with Crippen molar-refractivity contribution in [2.45, 2.75) is 44.0 Å².